The van der Waals surface area contributed by atoms with Crippen LogP contribution in [0.5, 0.6) is 0 Å². The number of unbranched alkanes of at least 4 members (excludes halogenated alkanes) is 8. The first-order valence-electron chi connectivity index (χ1n) is 25.3. The first-order chi connectivity index (χ1) is 33.0. The molecule has 69 heavy (non-hydrogen) atoms. The van der Waals surface area contributed by atoms with Crippen molar-refractivity contribution in [2.24, 2.45) is 11.8 Å². The van der Waals surface area contributed by atoms with E-state index in [4.69, 9.17) is 18.5 Å². The molecule has 2 aliphatic rings. The zero-order chi connectivity index (χ0) is 51.0. The number of carbonyl (C=O) groups excluding carboxylic acids is 3. The molecular weight excluding hydrogens is 916 g/mol. The van der Waals surface area contributed by atoms with Gasteiger partial charge in [-0.05, 0) is 70.6 Å². The summed E-state index contributed by atoms with van der Waals surface area (Å²) in [6, 6.07) is 0. The fourth-order valence-corrected chi connectivity index (χ4v) is 9.07. The highest BCUT2D eigenvalue weighted by atomic mass is 31.2. The van der Waals surface area contributed by atoms with E-state index in [0.717, 1.165) is 51.4 Å². The molecule has 0 spiro atoms. The minimum atomic E-state index is -5.51. The predicted molar refractivity (Wildman–Crippen MR) is 260 cm³/mol. The molecule has 13 atom stereocenters. The topological polar surface area (TPSA) is 287 Å². The fourth-order valence-electron chi connectivity index (χ4n) is 8.09. The van der Waals surface area contributed by atoms with E-state index in [2.05, 4.69) is 55.5 Å². The molecule has 2 fully saturated rings. The lowest BCUT2D eigenvalue weighted by molar-refractivity contribution is -0.168. The lowest BCUT2D eigenvalue weighted by atomic mass is 9.82. The zero-order valence-electron chi connectivity index (χ0n) is 40.9. The number of ketones is 1. The van der Waals surface area contributed by atoms with E-state index in [1.54, 1.807) is 0 Å². The number of aliphatic hydroxyl groups is 8. The van der Waals surface area contributed by atoms with E-state index in [1.165, 1.54) is 31.4 Å². The Kier molecular flexibility index (Phi) is 32.5. The summed E-state index contributed by atoms with van der Waals surface area (Å²) in [5.74, 6) is -5.08. The first-order valence-corrected chi connectivity index (χ1v) is 26.8. The van der Waals surface area contributed by atoms with Crippen LogP contribution < -0.4 is 0 Å². The van der Waals surface area contributed by atoms with Crippen molar-refractivity contribution in [3.05, 3.63) is 60.8 Å². The van der Waals surface area contributed by atoms with Gasteiger partial charge < -0.3 is 55.2 Å². The number of phosphoric acid groups is 1. The van der Waals surface area contributed by atoms with Gasteiger partial charge in [-0.3, -0.25) is 23.4 Å². The Labute approximate surface area is 409 Å². The van der Waals surface area contributed by atoms with Crippen LogP contribution >= 0.6 is 7.82 Å². The number of rotatable bonds is 23. The molecule has 9 N–H and O–H groups in total. The Morgan fingerprint density at radius 2 is 1.29 bits per heavy atom. The second-order valence-electron chi connectivity index (χ2n) is 18.3. The summed E-state index contributed by atoms with van der Waals surface area (Å²) >= 11 is 0. The summed E-state index contributed by atoms with van der Waals surface area (Å²) < 4.78 is 34.6. The van der Waals surface area contributed by atoms with Crippen molar-refractivity contribution < 1.29 is 83.2 Å². The number of carbonyl (C=O) groups is 3. The first kappa shape index (κ1) is 62.2. The molecule has 2 rings (SSSR count). The number of cyclic esters (lactones) is 1. The van der Waals surface area contributed by atoms with Crippen molar-refractivity contribution in [2.45, 2.75) is 216 Å². The molecule has 0 radical (unpaired) electrons. The Bertz CT molecular complexity index is 1630. The van der Waals surface area contributed by atoms with Gasteiger partial charge in [0.1, 0.15) is 36.8 Å². The lowest BCUT2D eigenvalue weighted by Crippen LogP contribution is -2.56. The number of Topliss-reactive ketones (excluding diaryl/α,β-unsaturated/α-hetero) is 1. The summed E-state index contributed by atoms with van der Waals surface area (Å²) in [6.07, 6.45) is 11.2. The summed E-state index contributed by atoms with van der Waals surface area (Å²) in [5, 5.41) is 90.2. The van der Waals surface area contributed by atoms with Crippen LogP contribution in [-0.2, 0) is 37.5 Å². The number of aliphatic hydroxyl groups excluding tert-OH is 8. The summed E-state index contributed by atoms with van der Waals surface area (Å²) in [6.45, 7) is 2.66. The van der Waals surface area contributed by atoms with Crippen LogP contribution in [-0.4, -0.2) is 138 Å². The number of fused-ring (bicyclic) bond motifs is 4. The maximum absolute atomic E-state index is 13.6. The highest BCUT2D eigenvalue weighted by Gasteiger charge is 2.49. The molecule has 1 unspecified atom stereocenters. The normalized spacial score (nSPS) is 31.6. The number of esters is 2. The number of phosphoric ester groups is 1. The molecule has 1 saturated heterocycles. The van der Waals surface area contributed by atoms with Crippen LogP contribution in [0.4, 0.5) is 0 Å². The van der Waals surface area contributed by atoms with Gasteiger partial charge >= 0.3 is 19.8 Å². The van der Waals surface area contributed by atoms with E-state index in [1.807, 2.05) is 6.92 Å². The van der Waals surface area contributed by atoms with Crippen LogP contribution in [0.3, 0.4) is 0 Å². The standard InChI is InChI=1S/C51H85O17P/c1-3-5-7-8-9-10-11-12-13-14-15-16-17-18-19-20-21-22-24-30-45(57)67-39-35-65-44(56)29-26-25-28-38(53)33-41-43(55)34-42(54)40(32-31-37(52)27-23-6-4-2)46(58)49(61)51(50(62)48(60)47(41)59)68-69(63,64)66-36-39/h9-10,12-13,15-16,18-19,31-32,37,39-43,46-52,54-55,58-62H,3-8,11,14,17,20-30,33-36H2,1-2H3,(H,63,64)/b10-9-,13-12-,16-15-,19-18-,32-31+/t37-,39+,40-,41-,42+,43-,46+,47+,48-,49+,50+,51+/m0/s1. The summed E-state index contributed by atoms with van der Waals surface area (Å²) in [4.78, 5) is 49.7. The molecule has 1 saturated carbocycles. The molecule has 2 bridgehead atoms. The minimum absolute atomic E-state index is 0.0358. The smallest absolute Gasteiger partial charge is 0.462 e. The predicted octanol–water partition coefficient (Wildman–Crippen LogP) is 6.06. The molecule has 18 heteroatoms. The highest BCUT2D eigenvalue weighted by molar-refractivity contribution is 7.47. The van der Waals surface area contributed by atoms with Gasteiger partial charge in [0.05, 0.1) is 37.1 Å². The molecule has 1 aliphatic carbocycles. The molecule has 0 amide bonds. The lowest BCUT2D eigenvalue weighted by Gasteiger charge is -2.37. The van der Waals surface area contributed by atoms with Gasteiger partial charge in [-0.25, -0.2) is 4.57 Å². The van der Waals surface area contributed by atoms with E-state index < -0.39 is 124 Å². The van der Waals surface area contributed by atoms with Gasteiger partial charge in [0.25, 0.3) is 0 Å². The molecule has 1 heterocycles. The second kappa shape index (κ2) is 36.1. The average molecular weight is 1000 g/mol. The molecule has 0 aromatic carbocycles. The second-order valence-corrected chi connectivity index (χ2v) is 19.7. The van der Waals surface area contributed by atoms with Crippen molar-refractivity contribution in [3.63, 3.8) is 0 Å². The largest absolute Gasteiger partial charge is 0.472 e. The third-order valence-corrected chi connectivity index (χ3v) is 13.3. The molecule has 17 nitrogen and oxygen atoms in total. The molecule has 0 aromatic heterocycles. The van der Waals surface area contributed by atoms with Gasteiger partial charge in [-0.2, -0.15) is 0 Å². The van der Waals surface area contributed by atoms with Crippen LogP contribution in [0.15, 0.2) is 60.8 Å². The maximum Gasteiger partial charge on any atom is 0.472 e. The van der Waals surface area contributed by atoms with E-state index in [0.29, 0.717) is 25.7 Å². The quantitative estimate of drug-likeness (QED) is 0.0243. The van der Waals surface area contributed by atoms with Gasteiger partial charge in [0.15, 0.2) is 6.10 Å². The summed E-state index contributed by atoms with van der Waals surface area (Å²) in [7, 11) is -5.51. The van der Waals surface area contributed by atoms with Gasteiger partial charge in [0.2, 0.25) is 0 Å². The highest BCUT2D eigenvalue weighted by Crippen LogP contribution is 2.47. The summed E-state index contributed by atoms with van der Waals surface area (Å²) in [5.41, 5.74) is 0. The van der Waals surface area contributed by atoms with Crippen LogP contribution in [0.2, 0.25) is 0 Å². The third-order valence-electron chi connectivity index (χ3n) is 12.3. The Balaban J connectivity index is 2.16. The minimum Gasteiger partial charge on any atom is -0.462 e. The molecular formula is C51H85O17P. The number of allylic oxidation sites excluding steroid dienone is 8. The van der Waals surface area contributed by atoms with Crippen molar-refractivity contribution in [2.75, 3.05) is 13.2 Å². The van der Waals surface area contributed by atoms with Gasteiger partial charge in [-0.15, -0.1) is 0 Å². The maximum atomic E-state index is 13.6. The average Bonchev–Trinajstić information content (AvgIpc) is 3.31. The van der Waals surface area contributed by atoms with Gasteiger partial charge in [0, 0.05) is 43.9 Å². The Morgan fingerprint density at radius 1 is 0.710 bits per heavy atom. The third kappa shape index (κ3) is 26.4. The monoisotopic (exact) mass is 1000 g/mol. The Hall–Kier alpha value is -2.90. The van der Waals surface area contributed by atoms with Crippen molar-refractivity contribution in [3.8, 4) is 0 Å². The van der Waals surface area contributed by atoms with Gasteiger partial charge in [-0.1, -0.05) is 113 Å². The van der Waals surface area contributed by atoms with E-state index >= 15 is 0 Å². The van der Waals surface area contributed by atoms with Crippen LogP contribution in [0, 0.1) is 11.8 Å². The molecule has 0 aromatic rings. The van der Waals surface area contributed by atoms with Crippen molar-refractivity contribution in [1.82, 2.24) is 0 Å². The van der Waals surface area contributed by atoms with Crippen molar-refractivity contribution >= 4 is 25.5 Å². The van der Waals surface area contributed by atoms with Crippen LogP contribution in [0.1, 0.15) is 155 Å². The van der Waals surface area contributed by atoms with Crippen molar-refractivity contribution in [1.29, 1.82) is 0 Å². The van der Waals surface area contributed by atoms with E-state index in [-0.39, 0.29) is 32.1 Å². The fraction of sp³-hybridized carbons (Fsp3) is 0.745. The SMILES string of the molecule is CCCCC/C=C\C/C=C\C/C=C\C/C=C\CCCCCC(=O)O[C@@H]1COC(=O)CCCCC(=O)C[C@@H]2[C@@H](O)[C@H](O)[C@@H](O)[C@H](OP(=O)(O)OC1)[C@H](O)[C@H](O)[C@@H](/C=C/[C@@H](O)CCCCC)[C@H](O)C[C@@H]2O. The molecule has 1 aliphatic heterocycles. The zero-order valence-corrected chi connectivity index (χ0v) is 41.8. The Morgan fingerprint density at radius 3 is 1.93 bits per heavy atom. The number of hydrogen-bond acceptors (Lipinski definition) is 16. The van der Waals surface area contributed by atoms with E-state index in [9.17, 15) is 64.7 Å². The number of hydrogen-bond donors (Lipinski definition) is 9. The van der Waals surface area contributed by atoms with Crippen LogP contribution in [0.25, 0.3) is 0 Å². The number of ether oxygens (including phenoxy) is 2. The molecule has 396 valence electrons.